The maximum absolute atomic E-state index is 12.3. The number of nitrogens with zero attached hydrogens (tertiary/aromatic N) is 2. The summed E-state index contributed by atoms with van der Waals surface area (Å²) in [5.74, 6) is 0. The Balaban J connectivity index is 1.52. The minimum atomic E-state index is -0.289. The third-order valence-electron chi connectivity index (χ3n) is 4.11. The van der Waals surface area contributed by atoms with Crippen LogP contribution >= 0.6 is 0 Å². The van der Waals surface area contributed by atoms with Crippen molar-refractivity contribution in [3.05, 3.63) is 97.2 Å². The summed E-state index contributed by atoms with van der Waals surface area (Å²) in [6.45, 7) is 0. The molecule has 0 unspecified atom stereocenters. The summed E-state index contributed by atoms with van der Waals surface area (Å²) in [6, 6.07) is 29.3. The van der Waals surface area contributed by atoms with E-state index in [2.05, 4.69) is 34.7 Å². The third-order valence-corrected chi connectivity index (χ3v) is 4.11. The first-order valence-corrected chi connectivity index (χ1v) is 8.37. The van der Waals surface area contributed by atoms with Crippen LogP contribution in [-0.4, -0.2) is 15.8 Å². The Morgan fingerprint density at radius 1 is 0.692 bits per heavy atom. The highest BCUT2D eigenvalue weighted by molar-refractivity contribution is 5.90. The lowest BCUT2D eigenvalue weighted by molar-refractivity contribution is 0.251. The minimum absolute atomic E-state index is 0.289. The number of nitrogens with one attached hydrogen (secondary N) is 1. The SMILES string of the molecule is O=C(Nc1ccccc1)n1ccc(-c2ccc(-c3ccccc3)cc2)n1. The van der Waals surface area contributed by atoms with Crippen molar-refractivity contribution >= 4 is 11.7 Å². The van der Waals surface area contributed by atoms with Gasteiger partial charge in [0, 0.05) is 17.4 Å². The molecule has 0 fully saturated rings. The number of rotatable bonds is 3. The van der Waals surface area contributed by atoms with E-state index in [0.717, 1.165) is 22.5 Å². The third kappa shape index (κ3) is 3.39. The standard InChI is InChI=1S/C22H17N3O/c26-22(23-20-9-5-2-6-10-20)25-16-15-21(24-25)19-13-11-18(12-14-19)17-7-3-1-4-8-17/h1-16H,(H,23,26). The van der Waals surface area contributed by atoms with E-state index in [9.17, 15) is 4.79 Å². The van der Waals surface area contributed by atoms with Gasteiger partial charge in [0.1, 0.15) is 0 Å². The maximum Gasteiger partial charge on any atom is 0.346 e. The quantitative estimate of drug-likeness (QED) is 0.551. The fourth-order valence-corrected chi connectivity index (χ4v) is 2.76. The molecule has 0 saturated heterocycles. The maximum atomic E-state index is 12.3. The zero-order valence-corrected chi connectivity index (χ0v) is 14.0. The van der Waals surface area contributed by atoms with Gasteiger partial charge >= 0.3 is 6.03 Å². The fraction of sp³-hybridized carbons (Fsp3) is 0. The Bertz CT molecular complexity index is 1010. The van der Waals surface area contributed by atoms with Gasteiger partial charge < -0.3 is 5.32 Å². The molecule has 0 atom stereocenters. The molecule has 0 spiro atoms. The highest BCUT2D eigenvalue weighted by atomic mass is 16.2. The fourth-order valence-electron chi connectivity index (χ4n) is 2.76. The number of aromatic nitrogens is 2. The predicted molar refractivity (Wildman–Crippen MR) is 104 cm³/mol. The van der Waals surface area contributed by atoms with Crippen LogP contribution in [0.1, 0.15) is 0 Å². The molecule has 4 rings (SSSR count). The molecule has 4 aromatic rings. The number of para-hydroxylation sites is 1. The number of amides is 1. The molecule has 0 radical (unpaired) electrons. The van der Waals surface area contributed by atoms with Crippen molar-refractivity contribution < 1.29 is 4.79 Å². The zero-order chi connectivity index (χ0) is 17.8. The monoisotopic (exact) mass is 339 g/mol. The van der Waals surface area contributed by atoms with E-state index in [1.165, 1.54) is 10.2 Å². The summed E-state index contributed by atoms with van der Waals surface area (Å²) in [6.07, 6.45) is 1.67. The van der Waals surface area contributed by atoms with Gasteiger partial charge in [-0.3, -0.25) is 0 Å². The lowest BCUT2D eigenvalue weighted by Gasteiger charge is -2.04. The molecule has 1 aromatic heterocycles. The molecule has 126 valence electrons. The number of carbonyl (C=O) groups excluding carboxylic acids is 1. The molecule has 0 aliphatic carbocycles. The average molecular weight is 339 g/mol. The van der Waals surface area contributed by atoms with Crippen LogP contribution in [0.25, 0.3) is 22.4 Å². The molecule has 1 N–H and O–H groups in total. The topological polar surface area (TPSA) is 46.9 Å². The molecule has 0 aliphatic rings. The van der Waals surface area contributed by atoms with E-state index in [-0.39, 0.29) is 6.03 Å². The van der Waals surface area contributed by atoms with Gasteiger partial charge in [-0.05, 0) is 29.3 Å². The van der Waals surface area contributed by atoms with E-state index in [1.54, 1.807) is 6.20 Å². The van der Waals surface area contributed by atoms with Crippen LogP contribution in [0.3, 0.4) is 0 Å². The first-order chi connectivity index (χ1) is 12.8. The molecule has 4 nitrogen and oxygen atoms in total. The predicted octanol–water partition coefficient (Wildman–Crippen LogP) is 5.30. The summed E-state index contributed by atoms with van der Waals surface area (Å²) in [7, 11) is 0. The lowest BCUT2D eigenvalue weighted by Crippen LogP contribution is -2.19. The van der Waals surface area contributed by atoms with Crippen molar-refractivity contribution in [1.82, 2.24) is 9.78 Å². The van der Waals surface area contributed by atoms with Gasteiger partial charge in [-0.15, -0.1) is 0 Å². The van der Waals surface area contributed by atoms with E-state index in [0.29, 0.717) is 0 Å². The molecule has 0 bridgehead atoms. The van der Waals surface area contributed by atoms with Crippen LogP contribution in [0.5, 0.6) is 0 Å². The van der Waals surface area contributed by atoms with Crippen molar-refractivity contribution in [2.24, 2.45) is 0 Å². The van der Waals surface area contributed by atoms with E-state index >= 15 is 0 Å². The molecular weight excluding hydrogens is 322 g/mol. The summed E-state index contributed by atoms with van der Waals surface area (Å²) >= 11 is 0. The number of hydrogen-bond donors (Lipinski definition) is 1. The van der Waals surface area contributed by atoms with Gasteiger partial charge in [-0.1, -0.05) is 72.8 Å². The number of carbonyl (C=O) groups is 1. The molecule has 3 aromatic carbocycles. The van der Waals surface area contributed by atoms with Crippen LogP contribution < -0.4 is 5.32 Å². The second-order valence-electron chi connectivity index (χ2n) is 5.89. The molecular formula is C22H17N3O. The smallest absolute Gasteiger partial charge is 0.306 e. The Morgan fingerprint density at radius 2 is 1.27 bits per heavy atom. The Hall–Kier alpha value is -3.66. The van der Waals surface area contributed by atoms with Gasteiger partial charge in [0.15, 0.2) is 0 Å². The molecule has 4 heteroatoms. The molecule has 0 saturated carbocycles. The Kier molecular flexibility index (Phi) is 4.31. The molecule has 26 heavy (non-hydrogen) atoms. The second-order valence-corrected chi connectivity index (χ2v) is 5.89. The largest absolute Gasteiger partial charge is 0.346 e. The van der Waals surface area contributed by atoms with Crippen LogP contribution in [0.15, 0.2) is 97.2 Å². The molecule has 1 amide bonds. The zero-order valence-electron chi connectivity index (χ0n) is 14.0. The van der Waals surface area contributed by atoms with Crippen molar-refractivity contribution in [1.29, 1.82) is 0 Å². The highest BCUT2D eigenvalue weighted by Gasteiger charge is 2.09. The first-order valence-electron chi connectivity index (χ1n) is 8.37. The van der Waals surface area contributed by atoms with Crippen LogP contribution in [0.2, 0.25) is 0 Å². The van der Waals surface area contributed by atoms with Gasteiger partial charge in [0.05, 0.1) is 5.69 Å². The van der Waals surface area contributed by atoms with Crippen molar-refractivity contribution in [3.63, 3.8) is 0 Å². The molecule has 0 aliphatic heterocycles. The van der Waals surface area contributed by atoms with E-state index < -0.39 is 0 Å². The number of benzene rings is 3. The van der Waals surface area contributed by atoms with Crippen LogP contribution in [0, 0.1) is 0 Å². The van der Waals surface area contributed by atoms with Gasteiger partial charge in [0.2, 0.25) is 0 Å². The van der Waals surface area contributed by atoms with Crippen LogP contribution in [-0.2, 0) is 0 Å². The van der Waals surface area contributed by atoms with Crippen LogP contribution in [0.4, 0.5) is 10.5 Å². The van der Waals surface area contributed by atoms with Crippen molar-refractivity contribution in [2.75, 3.05) is 5.32 Å². The number of anilines is 1. The second kappa shape index (κ2) is 7.07. The normalized spacial score (nSPS) is 10.5. The summed E-state index contributed by atoms with van der Waals surface area (Å²) < 4.78 is 1.31. The van der Waals surface area contributed by atoms with Crippen molar-refractivity contribution in [2.45, 2.75) is 0 Å². The summed E-state index contributed by atoms with van der Waals surface area (Å²) in [5, 5.41) is 7.20. The van der Waals surface area contributed by atoms with E-state index in [1.807, 2.05) is 66.7 Å². The molecule has 1 heterocycles. The Labute approximate surface area is 151 Å². The van der Waals surface area contributed by atoms with Crippen molar-refractivity contribution in [3.8, 4) is 22.4 Å². The summed E-state index contributed by atoms with van der Waals surface area (Å²) in [5.41, 5.74) is 4.79. The summed E-state index contributed by atoms with van der Waals surface area (Å²) in [4.78, 5) is 12.3. The van der Waals surface area contributed by atoms with Gasteiger partial charge in [0.25, 0.3) is 0 Å². The minimum Gasteiger partial charge on any atom is -0.306 e. The highest BCUT2D eigenvalue weighted by Crippen LogP contribution is 2.23. The van der Waals surface area contributed by atoms with Gasteiger partial charge in [-0.25, -0.2) is 4.79 Å². The number of hydrogen-bond acceptors (Lipinski definition) is 2. The first kappa shape index (κ1) is 15.8. The van der Waals surface area contributed by atoms with Gasteiger partial charge in [-0.2, -0.15) is 9.78 Å². The Morgan fingerprint density at radius 3 is 1.96 bits per heavy atom. The lowest BCUT2D eigenvalue weighted by atomic mass is 10.0. The average Bonchev–Trinajstić information content (AvgIpc) is 3.20. The van der Waals surface area contributed by atoms with E-state index in [4.69, 9.17) is 0 Å².